The molecule has 0 radical (unpaired) electrons. The Morgan fingerprint density at radius 3 is 3.00 bits per heavy atom. The van der Waals surface area contributed by atoms with Crippen LogP contribution in [0.1, 0.15) is 18.2 Å². The lowest BCUT2D eigenvalue weighted by Gasteiger charge is -2.16. The molecule has 1 aliphatic rings. The summed E-state index contributed by atoms with van der Waals surface area (Å²) in [4.78, 5) is 20.1. The number of carbonyl (C=O) groups is 1. The molecule has 0 aromatic carbocycles. The number of carbonyl (C=O) groups excluding carboxylic acids is 1. The summed E-state index contributed by atoms with van der Waals surface area (Å²) < 4.78 is 0. The highest BCUT2D eigenvalue weighted by molar-refractivity contribution is 5.77. The number of hydrogen-bond acceptors (Lipinski definition) is 3. The van der Waals surface area contributed by atoms with Gasteiger partial charge in [0.05, 0.1) is 11.7 Å². The number of hydrogen-bond donors (Lipinski definition) is 1. The Bertz CT molecular complexity index is 395. The number of likely N-dealkylation sites (N-methyl/N-ethyl adjacent to an activating group) is 1. The highest BCUT2D eigenvalue weighted by atomic mass is 16.2. The summed E-state index contributed by atoms with van der Waals surface area (Å²) in [6.45, 7) is 2.46. The number of amides is 2. The zero-order chi connectivity index (χ0) is 13.0. The maximum Gasteiger partial charge on any atom is 0.320 e. The molecule has 98 valence electrons. The molecule has 0 bridgehead atoms. The van der Waals surface area contributed by atoms with E-state index in [0.717, 1.165) is 31.7 Å². The fourth-order valence-electron chi connectivity index (χ4n) is 2.26. The molecule has 1 atom stereocenters. The van der Waals surface area contributed by atoms with E-state index in [1.807, 2.05) is 37.2 Å². The Morgan fingerprint density at radius 1 is 1.50 bits per heavy atom. The van der Waals surface area contributed by atoms with Crippen molar-refractivity contribution in [2.24, 2.45) is 0 Å². The Morgan fingerprint density at radius 2 is 2.33 bits per heavy atom. The fourth-order valence-corrected chi connectivity index (χ4v) is 2.26. The van der Waals surface area contributed by atoms with Crippen LogP contribution in [0, 0.1) is 0 Å². The summed E-state index contributed by atoms with van der Waals surface area (Å²) in [6.07, 6.45) is 2.75. The first-order valence-electron chi connectivity index (χ1n) is 6.31. The summed E-state index contributed by atoms with van der Waals surface area (Å²) in [7, 11) is 3.77. The van der Waals surface area contributed by atoms with Crippen molar-refractivity contribution in [1.82, 2.24) is 20.1 Å². The molecule has 1 fully saturated rings. The lowest BCUT2D eigenvalue weighted by Crippen LogP contribution is -2.31. The molecule has 1 aromatic heterocycles. The molecule has 1 N–H and O–H groups in total. The van der Waals surface area contributed by atoms with Crippen molar-refractivity contribution in [3.05, 3.63) is 30.1 Å². The van der Waals surface area contributed by atoms with Gasteiger partial charge >= 0.3 is 6.03 Å². The maximum atomic E-state index is 12.1. The molecule has 5 nitrogen and oxygen atoms in total. The van der Waals surface area contributed by atoms with E-state index in [2.05, 4.69) is 10.3 Å². The zero-order valence-corrected chi connectivity index (χ0v) is 11.0. The third-order valence-corrected chi connectivity index (χ3v) is 3.32. The van der Waals surface area contributed by atoms with E-state index >= 15 is 0 Å². The molecule has 0 saturated carbocycles. The predicted molar refractivity (Wildman–Crippen MR) is 70.3 cm³/mol. The Kier molecular flexibility index (Phi) is 4.15. The van der Waals surface area contributed by atoms with Crippen molar-refractivity contribution < 1.29 is 4.79 Å². The van der Waals surface area contributed by atoms with Crippen molar-refractivity contribution in [1.29, 1.82) is 0 Å². The topological polar surface area (TPSA) is 48.5 Å². The normalized spacial score (nSPS) is 19.7. The van der Waals surface area contributed by atoms with Gasteiger partial charge in [-0.25, -0.2) is 4.79 Å². The molecule has 2 rings (SSSR count). The molecule has 1 unspecified atom stereocenters. The Labute approximate surface area is 108 Å². The van der Waals surface area contributed by atoms with Gasteiger partial charge in [-0.05, 0) is 32.1 Å². The van der Waals surface area contributed by atoms with Gasteiger partial charge in [0, 0.05) is 26.3 Å². The summed E-state index contributed by atoms with van der Waals surface area (Å²) in [5.74, 6) is 0. The number of pyridine rings is 1. The van der Waals surface area contributed by atoms with E-state index in [-0.39, 0.29) is 12.1 Å². The maximum absolute atomic E-state index is 12.1. The van der Waals surface area contributed by atoms with Crippen LogP contribution in [-0.2, 0) is 0 Å². The molecule has 1 saturated heterocycles. The molecule has 18 heavy (non-hydrogen) atoms. The monoisotopic (exact) mass is 248 g/mol. The van der Waals surface area contributed by atoms with Crippen LogP contribution in [0.2, 0.25) is 0 Å². The minimum absolute atomic E-state index is 0.0771. The molecule has 0 spiro atoms. The molecule has 1 aliphatic heterocycles. The largest absolute Gasteiger partial charge is 0.322 e. The second-order valence-corrected chi connectivity index (χ2v) is 4.57. The molecule has 1 aromatic rings. The van der Waals surface area contributed by atoms with Gasteiger partial charge in [-0.15, -0.1) is 0 Å². The highest BCUT2D eigenvalue weighted by Gasteiger charge is 2.35. The van der Waals surface area contributed by atoms with Crippen molar-refractivity contribution in [2.75, 3.05) is 33.7 Å². The number of nitrogens with one attached hydrogen (secondary N) is 1. The Balaban J connectivity index is 2.01. The van der Waals surface area contributed by atoms with Crippen LogP contribution in [0.4, 0.5) is 4.79 Å². The second-order valence-electron chi connectivity index (χ2n) is 4.57. The SMILES string of the molecule is CNCCCN1CC(c2ccccn2)N(C)C1=O. The molecule has 2 amide bonds. The number of aromatic nitrogens is 1. The standard InChI is InChI=1S/C13H20N4O/c1-14-7-5-9-17-10-12(16(2)13(17)18)11-6-3-4-8-15-11/h3-4,6,8,12,14H,5,7,9-10H2,1-2H3. The number of rotatable bonds is 5. The van der Waals surface area contributed by atoms with Crippen LogP contribution in [0.3, 0.4) is 0 Å². The lowest BCUT2D eigenvalue weighted by atomic mass is 10.2. The molecule has 0 aliphatic carbocycles. The summed E-state index contributed by atoms with van der Waals surface area (Å²) >= 11 is 0. The van der Waals surface area contributed by atoms with Gasteiger partial charge in [-0.3, -0.25) is 4.98 Å². The first-order chi connectivity index (χ1) is 8.74. The van der Waals surface area contributed by atoms with Gasteiger partial charge in [-0.2, -0.15) is 0 Å². The van der Waals surface area contributed by atoms with E-state index in [1.165, 1.54) is 0 Å². The van der Waals surface area contributed by atoms with Gasteiger partial charge in [-0.1, -0.05) is 6.07 Å². The summed E-state index contributed by atoms with van der Waals surface area (Å²) in [5.41, 5.74) is 0.962. The van der Waals surface area contributed by atoms with Gasteiger partial charge in [0.2, 0.25) is 0 Å². The average molecular weight is 248 g/mol. The van der Waals surface area contributed by atoms with Gasteiger partial charge < -0.3 is 15.1 Å². The summed E-state index contributed by atoms with van der Waals surface area (Å²) in [6, 6.07) is 6.01. The highest BCUT2D eigenvalue weighted by Crippen LogP contribution is 2.26. The number of urea groups is 1. The molecular formula is C13H20N4O. The van der Waals surface area contributed by atoms with E-state index in [4.69, 9.17) is 0 Å². The van der Waals surface area contributed by atoms with Crippen LogP contribution in [0.25, 0.3) is 0 Å². The third kappa shape index (κ3) is 2.61. The minimum atomic E-state index is 0.0771. The molecule has 2 heterocycles. The average Bonchev–Trinajstić information content (AvgIpc) is 2.68. The smallest absolute Gasteiger partial charge is 0.320 e. The van der Waals surface area contributed by atoms with E-state index in [9.17, 15) is 4.79 Å². The van der Waals surface area contributed by atoms with Crippen LogP contribution < -0.4 is 5.32 Å². The van der Waals surface area contributed by atoms with E-state index in [1.54, 1.807) is 11.1 Å². The minimum Gasteiger partial charge on any atom is -0.322 e. The van der Waals surface area contributed by atoms with Gasteiger partial charge in [0.15, 0.2) is 0 Å². The van der Waals surface area contributed by atoms with E-state index in [0.29, 0.717) is 0 Å². The van der Waals surface area contributed by atoms with Crippen molar-refractivity contribution in [3.63, 3.8) is 0 Å². The van der Waals surface area contributed by atoms with Crippen LogP contribution >= 0.6 is 0 Å². The van der Waals surface area contributed by atoms with Crippen LogP contribution in [0.15, 0.2) is 24.4 Å². The quantitative estimate of drug-likeness (QED) is 0.794. The first kappa shape index (κ1) is 12.8. The van der Waals surface area contributed by atoms with Crippen LogP contribution in [0.5, 0.6) is 0 Å². The summed E-state index contributed by atoms with van der Waals surface area (Å²) in [5, 5.41) is 3.10. The number of nitrogens with zero attached hydrogens (tertiary/aromatic N) is 3. The van der Waals surface area contributed by atoms with Gasteiger partial charge in [0.1, 0.15) is 0 Å². The van der Waals surface area contributed by atoms with Crippen molar-refractivity contribution in [3.8, 4) is 0 Å². The Hall–Kier alpha value is -1.62. The first-order valence-corrected chi connectivity index (χ1v) is 6.31. The molecular weight excluding hydrogens is 228 g/mol. The van der Waals surface area contributed by atoms with E-state index < -0.39 is 0 Å². The second kappa shape index (κ2) is 5.82. The van der Waals surface area contributed by atoms with Crippen molar-refractivity contribution >= 4 is 6.03 Å². The fraction of sp³-hybridized carbons (Fsp3) is 0.538. The van der Waals surface area contributed by atoms with Gasteiger partial charge in [0.25, 0.3) is 0 Å². The lowest BCUT2D eigenvalue weighted by molar-refractivity contribution is 0.195. The predicted octanol–water partition coefficient (Wildman–Crippen LogP) is 1.10. The van der Waals surface area contributed by atoms with Crippen LogP contribution in [-0.4, -0.2) is 54.5 Å². The van der Waals surface area contributed by atoms with Crippen molar-refractivity contribution in [2.45, 2.75) is 12.5 Å². The molecule has 5 heteroatoms. The zero-order valence-electron chi connectivity index (χ0n) is 11.0. The third-order valence-electron chi connectivity index (χ3n) is 3.32.